The van der Waals surface area contributed by atoms with Crippen LogP contribution in [0.5, 0.6) is 0 Å². The summed E-state index contributed by atoms with van der Waals surface area (Å²) in [6.07, 6.45) is 0.485. The van der Waals surface area contributed by atoms with Gasteiger partial charge in [0.1, 0.15) is 0 Å². The highest BCUT2D eigenvalue weighted by Crippen LogP contribution is 2.58. The van der Waals surface area contributed by atoms with Crippen LogP contribution >= 0.6 is 22.7 Å². The first-order chi connectivity index (χ1) is 24.3. The van der Waals surface area contributed by atoms with Crippen molar-refractivity contribution in [3.63, 3.8) is 0 Å². The number of aliphatic hydroxyl groups is 2. The van der Waals surface area contributed by atoms with Gasteiger partial charge in [-0.25, -0.2) is 0 Å². The summed E-state index contributed by atoms with van der Waals surface area (Å²) in [4.78, 5) is 0. The van der Waals surface area contributed by atoms with Gasteiger partial charge in [0.15, 0.2) is 0 Å². The molecule has 2 aliphatic rings. The number of fused-ring (bicyclic) bond motifs is 2. The summed E-state index contributed by atoms with van der Waals surface area (Å²) in [6.45, 7) is 4.33. The van der Waals surface area contributed by atoms with Gasteiger partial charge in [0, 0.05) is 22.7 Å². The molecule has 8 rings (SSSR count). The Bertz CT molecular complexity index is 2010. The number of aliphatic hydroxyl groups excluding tert-OH is 2. The van der Waals surface area contributed by atoms with Crippen LogP contribution in [0.25, 0.3) is 0 Å². The van der Waals surface area contributed by atoms with E-state index in [2.05, 4.69) is 62.4 Å². The van der Waals surface area contributed by atoms with E-state index in [1.807, 2.05) is 94.3 Å². The number of rotatable bonds is 6. The van der Waals surface area contributed by atoms with E-state index < -0.39 is 12.2 Å². The zero-order valence-corrected chi connectivity index (χ0v) is 29.7. The van der Waals surface area contributed by atoms with Gasteiger partial charge in [-0.3, -0.25) is 0 Å². The van der Waals surface area contributed by atoms with Crippen LogP contribution in [0.1, 0.15) is 93.5 Å². The van der Waals surface area contributed by atoms with Crippen molar-refractivity contribution in [2.24, 2.45) is 10.8 Å². The Morgan fingerprint density at radius 2 is 1.00 bits per heavy atom. The summed E-state index contributed by atoms with van der Waals surface area (Å²) in [5.74, 6) is 0.124. The van der Waals surface area contributed by atoms with Crippen molar-refractivity contribution in [2.45, 2.75) is 50.7 Å². The lowest BCUT2D eigenvalue weighted by Crippen LogP contribution is -2.30. The highest BCUT2D eigenvalue weighted by atomic mass is 32.1. The van der Waals surface area contributed by atoms with E-state index in [-0.39, 0.29) is 22.7 Å². The first kappa shape index (κ1) is 33.7. The molecule has 6 aromatic rings. The first-order valence-electron chi connectivity index (χ1n) is 16.8. The third-order valence-electron chi connectivity index (χ3n) is 10.9. The summed E-state index contributed by atoms with van der Waals surface area (Å²) < 4.78 is 0. The van der Waals surface area contributed by atoms with E-state index in [0.717, 1.165) is 24.0 Å². The normalized spacial score (nSPS) is 23.0. The second-order valence-electron chi connectivity index (χ2n) is 14.0. The van der Waals surface area contributed by atoms with Gasteiger partial charge >= 0.3 is 0 Å². The molecule has 0 saturated heterocycles. The second-order valence-corrected chi connectivity index (χ2v) is 15.6. The quantitative estimate of drug-likeness (QED) is 0.182. The molecule has 2 aliphatic carbocycles. The molecular formula is C44H38N2O2S2. The Kier molecular flexibility index (Phi) is 9.31. The van der Waals surface area contributed by atoms with E-state index in [1.165, 1.54) is 33.4 Å². The van der Waals surface area contributed by atoms with Crippen molar-refractivity contribution in [3.05, 3.63) is 186 Å². The largest absolute Gasteiger partial charge is 0.388 e. The van der Waals surface area contributed by atoms with Crippen molar-refractivity contribution >= 4 is 22.7 Å². The van der Waals surface area contributed by atoms with Gasteiger partial charge in [0.25, 0.3) is 0 Å². The number of nitrogens with zero attached hydrogens (tertiary/aromatic N) is 2. The average Bonchev–Trinajstić information content (AvgIpc) is 3.97. The minimum Gasteiger partial charge on any atom is -0.388 e. The summed E-state index contributed by atoms with van der Waals surface area (Å²) in [5.41, 5.74) is 9.77. The molecule has 4 aromatic carbocycles. The Morgan fingerprint density at radius 1 is 0.600 bits per heavy atom. The SMILES string of the molecule is C[C@@]1([C@@H](O)c2ccsc2)Cc2ccc(C#N)cc2[C@@H]1c1ccccc1.C[C@@]1([C@H](O)c2ccsc2)Cc2ccc(C#N)cc2[C@@H]1c1ccccc1. The van der Waals surface area contributed by atoms with Crippen LogP contribution in [-0.2, 0) is 12.8 Å². The lowest BCUT2D eigenvalue weighted by molar-refractivity contribution is 0.0321. The van der Waals surface area contributed by atoms with Crippen LogP contribution < -0.4 is 0 Å². The van der Waals surface area contributed by atoms with E-state index in [1.54, 1.807) is 22.7 Å². The second kappa shape index (κ2) is 13.8. The molecule has 248 valence electrons. The standard InChI is InChI=1S/2C22H19NOS/c2*1-22(21(24)18-9-10-25-14-18)12-17-8-7-15(13-23)11-19(17)20(22)16-5-3-2-4-6-16/h2*2-11,14,20-21,24H,12H2,1H3/t20-,21+,22+;20-,21-,22+/m00/s1. The van der Waals surface area contributed by atoms with Gasteiger partial charge in [-0.1, -0.05) is 86.6 Å². The molecule has 0 spiro atoms. The van der Waals surface area contributed by atoms with Crippen molar-refractivity contribution in [3.8, 4) is 12.1 Å². The Morgan fingerprint density at radius 3 is 1.34 bits per heavy atom. The highest BCUT2D eigenvalue weighted by molar-refractivity contribution is 7.08. The van der Waals surface area contributed by atoms with Gasteiger partial charge in [-0.2, -0.15) is 33.2 Å². The fourth-order valence-electron chi connectivity index (χ4n) is 8.47. The van der Waals surface area contributed by atoms with Crippen LogP contribution in [0.4, 0.5) is 0 Å². The first-order valence-corrected chi connectivity index (χ1v) is 18.7. The highest BCUT2D eigenvalue weighted by Gasteiger charge is 2.50. The molecule has 0 fully saturated rings. The Balaban J connectivity index is 0.000000157. The lowest BCUT2D eigenvalue weighted by Gasteiger charge is -2.37. The molecule has 2 N–H and O–H groups in total. The predicted molar refractivity (Wildman–Crippen MR) is 201 cm³/mol. The molecule has 0 aliphatic heterocycles. The fraction of sp³-hybridized carbons (Fsp3) is 0.227. The summed E-state index contributed by atoms with van der Waals surface area (Å²) in [7, 11) is 0. The van der Waals surface area contributed by atoms with Crippen LogP contribution in [0.15, 0.2) is 131 Å². The van der Waals surface area contributed by atoms with E-state index in [9.17, 15) is 20.7 Å². The van der Waals surface area contributed by atoms with Crippen molar-refractivity contribution in [2.75, 3.05) is 0 Å². The van der Waals surface area contributed by atoms with Crippen molar-refractivity contribution < 1.29 is 10.2 Å². The molecule has 0 amide bonds. The lowest BCUT2D eigenvalue weighted by atomic mass is 9.69. The third kappa shape index (κ3) is 6.00. The number of nitriles is 2. The number of hydrogen-bond donors (Lipinski definition) is 2. The molecule has 0 unspecified atom stereocenters. The maximum absolute atomic E-state index is 11.2. The van der Waals surface area contributed by atoms with Gasteiger partial charge in [0.2, 0.25) is 0 Å². The van der Waals surface area contributed by atoms with Crippen molar-refractivity contribution in [1.82, 2.24) is 0 Å². The summed E-state index contributed by atoms with van der Waals surface area (Å²) in [5, 5.41) is 49.2. The smallest absolute Gasteiger partial charge is 0.0991 e. The van der Waals surface area contributed by atoms with E-state index in [0.29, 0.717) is 11.1 Å². The molecular weight excluding hydrogens is 653 g/mol. The summed E-state index contributed by atoms with van der Waals surface area (Å²) >= 11 is 3.22. The molecule has 6 atom stereocenters. The van der Waals surface area contributed by atoms with Gasteiger partial charge in [-0.15, -0.1) is 0 Å². The van der Waals surface area contributed by atoms with Gasteiger partial charge in [0.05, 0.1) is 35.5 Å². The van der Waals surface area contributed by atoms with E-state index in [4.69, 9.17) is 0 Å². The zero-order valence-electron chi connectivity index (χ0n) is 28.0. The molecule has 4 nitrogen and oxygen atoms in total. The minimum atomic E-state index is -0.554. The maximum Gasteiger partial charge on any atom is 0.0991 e. The van der Waals surface area contributed by atoms with Crippen molar-refractivity contribution in [1.29, 1.82) is 10.5 Å². The molecule has 50 heavy (non-hydrogen) atoms. The minimum absolute atomic E-state index is 0.0619. The van der Waals surface area contributed by atoms with Crippen LogP contribution in [0, 0.1) is 33.5 Å². The van der Waals surface area contributed by atoms with Crippen LogP contribution in [0.3, 0.4) is 0 Å². The third-order valence-corrected chi connectivity index (χ3v) is 12.3. The summed E-state index contributed by atoms with van der Waals surface area (Å²) in [6, 6.07) is 41.0. The monoisotopic (exact) mass is 690 g/mol. The van der Waals surface area contributed by atoms with E-state index >= 15 is 0 Å². The number of benzene rings is 4. The molecule has 6 heteroatoms. The Hall–Kier alpha value is -4.82. The Labute approximate surface area is 302 Å². The predicted octanol–water partition coefficient (Wildman–Crippen LogP) is 10.1. The number of thiophene rings is 2. The molecule has 0 bridgehead atoms. The average molecular weight is 691 g/mol. The zero-order chi connectivity index (χ0) is 34.9. The maximum atomic E-state index is 11.2. The van der Waals surface area contributed by atoms with Crippen LogP contribution in [-0.4, -0.2) is 10.2 Å². The molecule has 0 saturated carbocycles. The topological polar surface area (TPSA) is 88.0 Å². The van der Waals surface area contributed by atoms with Gasteiger partial charge in [-0.05, 0) is 115 Å². The van der Waals surface area contributed by atoms with Gasteiger partial charge < -0.3 is 10.2 Å². The number of hydrogen-bond acceptors (Lipinski definition) is 6. The molecule has 2 heterocycles. The fourth-order valence-corrected chi connectivity index (χ4v) is 9.82. The molecule has 0 radical (unpaired) electrons. The molecule has 2 aromatic heterocycles. The van der Waals surface area contributed by atoms with Crippen LogP contribution in [0.2, 0.25) is 0 Å².